The van der Waals surface area contributed by atoms with Crippen LogP contribution in [-0.2, 0) is 23.8 Å². The lowest BCUT2D eigenvalue weighted by atomic mass is 10.2. The van der Waals surface area contributed by atoms with Gasteiger partial charge in [-0.2, -0.15) is 0 Å². The molecule has 0 aromatic heterocycles. The van der Waals surface area contributed by atoms with Crippen molar-refractivity contribution in [3.8, 4) is 5.75 Å². The molecular formula is C16H20O6. The molecule has 1 saturated heterocycles. The van der Waals surface area contributed by atoms with E-state index in [4.69, 9.17) is 18.9 Å². The Morgan fingerprint density at radius 1 is 1.09 bits per heavy atom. The summed E-state index contributed by atoms with van der Waals surface area (Å²) in [6.07, 6.45) is 1.74. The highest BCUT2D eigenvalue weighted by Crippen LogP contribution is 2.24. The van der Waals surface area contributed by atoms with E-state index >= 15 is 0 Å². The molecule has 6 nitrogen and oxygen atoms in total. The van der Waals surface area contributed by atoms with Gasteiger partial charge < -0.3 is 18.9 Å². The van der Waals surface area contributed by atoms with Crippen LogP contribution in [-0.4, -0.2) is 24.8 Å². The number of hydrogen-bond acceptors (Lipinski definition) is 6. The molecule has 6 heteroatoms. The van der Waals surface area contributed by atoms with Crippen LogP contribution in [0.2, 0.25) is 0 Å². The fraction of sp³-hybridized carbons (Fsp3) is 0.500. The van der Waals surface area contributed by atoms with Crippen molar-refractivity contribution in [2.24, 2.45) is 0 Å². The summed E-state index contributed by atoms with van der Waals surface area (Å²) in [5, 5.41) is 0. The van der Waals surface area contributed by atoms with Crippen molar-refractivity contribution in [3.63, 3.8) is 0 Å². The Kier molecular flexibility index (Phi) is 5.77. The molecule has 0 spiro atoms. The molecule has 1 aromatic carbocycles. The van der Waals surface area contributed by atoms with E-state index in [1.54, 1.807) is 24.3 Å². The first kappa shape index (κ1) is 16.3. The molecule has 1 aliphatic rings. The summed E-state index contributed by atoms with van der Waals surface area (Å²) in [5.41, 5.74) is 0.558. The molecule has 0 bridgehead atoms. The minimum absolute atomic E-state index is 0.225. The lowest BCUT2D eigenvalue weighted by Crippen LogP contribution is -2.25. The average molecular weight is 308 g/mol. The summed E-state index contributed by atoms with van der Waals surface area (Å²) < 4.78 is 21.2. The first-order valence-corrected chi connectivity index (χ1v) is 7.27. The van der Waals surface area contributed by atoms with Gasteiger partial charge in [-0.05, 0) is 37.1 Å². The van der Waals surface area contributed by atoms with Gasteiger partial charge in [-0.1, -0.05) is 0 Å². The first-order valence-electron chi connectivity index (χ1n) is 7.27. The highest BCUT2D eigenvalue weighted by molar-refractivity contribution is 5.68. The molecule has 1 heterocycles. The van der Waals surface area contributed by atoms with Crippen molar-refractivity contribution >= 4 is 11.9 Å². The predicted molar refractivity (Wildman–Crippen MR) is 76.9 cm³/mol. The van der Waals surface area contributed by atoms with Crippen molar-refractivity contribution in [2.45, 2.75) is 45.7 Å². The Bertz CT molecular complexity index is 488. The SMILES string of the molecule is CC(=O)OC(OC(C)=O)c1ccc(OC2CCCCO2)cc1. The van der Waals surface area contributed by atoms with Crippen LogP contribution in [0.15, 0.2) is 24.3 Å². The van der Waals surface area contributed by atoms with Crippen LogP contribution in [0.4, 0.5) is 0 Å². The zero-order valence-corrected chi connectivity index (χ0v) is 12.7. The van der Waals surface area contributed by atoms with Crippen LogP contribution in [0.5, 0.6) is 5.75 Å². The third-order valence-corrected chi connectivity index (χ3v) is 3.10. The number of carbonyl (C=O) groups is 2. The molecule has 2 rings (SSSR count). The Hall–Kier alpha value is -2.08. The second kappa shape index (κ2) is 7.79. The minimum Gasteiger partial charge on any atom is -0.465 e. The average Bonchev–Trinajstić information content (AvgIpc) is 2.47. The number of carbonyl (C=O) groups excluding carboxylic acids is 2. The summed E-state index contributed by atoms with van der Waals surface area (Å²) in [6.45, 7) is 3.23. The molecule has 120 valence electrons. The molecule has 0 aliphatic carbocycles. The van der Waals surface area contributed by atoms with E-state index in [2.05, 4.69) is 0 Å². The molecule has 22 heavy (non-hydrogen) atoms. The third-order valence-electron chi connectivity index (χ3n) is 3.10. The van der Waals surface area contributed by atoms with Crippen LogP contribution in [0.3, 0.4) is 0 Å². The van der Waals surface area contributed by atoms with E-state index in [-0.39, 0.29) is 6.29 Å². The van der Waals surface area contributed by atoms with Crippen molar-refractivity contribution in [1.82, 2.24) is 0 Å². The fourth-order valence-electron chi connectivity index (χ4n) is 2.12. The summed E-state index contributed by atoms with van der Waals surface area (Å²) >= 11 is 0. The van der Waals surface area contributed by atoms with E-state index in [0.717, 1.165) is 19.3 Å². The largest absolute Gasteiger partial charge is 0.465 e. The zero-order valence-electron chi connectivity index (χ0n) is 12.7. The number of esters is 2. The molecule has 0 N–H and O–H groups in total. The highest BCUT2D eigenvalue weighted by Gasteiger charge is 2.19. The number of hydrogen-bond donors (Lipinski definition) is 0. The van der Waals surface area contributed by atoms with E-state index < -0.39 is 18.2 Å². The van der Waals surface area contributed by atoms with Gasteiger partial charge in [0.05, 0.1) is 6.61 Å². The maximum atomic E-state index is 11.1. The van der Waals surface area contributed by atoms with Crippen LogP contribution in [0, 0.1) is 0 Å². The van der Waals surface area contributed by atoms with E-state index in [0.29, 0.717) is 17.9 Å². The van der Waals surface area contributed by atoms with E-state index in [1.165, 1.54) is 13.8 Å². The smallest absolute Gasteiger partial charge is 0.305 e. The van der Waals surface area contributed by atoms with Crippen molar-refractivity contribution < 1.29 is 28.5 Å². The normalized spacial score (nSPS) is 17.9. The molecule has 1 atom stereocenters. The second-order valence-electron chi connectivity index (χ2n) is 5.03. The molecule has 1 unspecified atom stereocenters. The Labute approximate surface area is 129 Å². The summed E-state index contributed by atoms with van der Waals surface area (Å²) in [7, 11) is 0. The van der Waals surface area contributed by atoms with Crippen LogP contribution in [0.25, 0.3) is 0 Å². The number of ether oxygens (including phenoxy) is 4. The van der Waals surface area contributed by atoms with Crippen molar-refractivity contribution in [3.05, 3.63) is 29.8 Å². The maximum Gasteiger partial charge on any atom is 0.305 e. The fourth-order valence-corrected chi connectivity index (χ4v) is 2.12. The van der Waals surface area contributed by atoms with Gasteiger partial charge in [0.15, 0.2) is 6.29 Å². The number of rotatable bonds is 5. The van der Waals surface area contributed by atoms with E-state index in [1.807, 2.05) is 0 Å². The Balaban J connectivity index is 2.01. The van der Waals surface area contributed by atoms with Gasteiger partial charge in [0.25, 0.3) is 6.29 Å². The number of benzene rings is 1. The maximum absolute atomic E-state index is 11.1. The standard InChI is InChI=1S/C16H20O6/c1-11(17)20-16(21-12(2)18)13-6-8-14(9-7-13)22-15-5-3-4-10-19-15/h6-9,15-16H,3-5,10H2,1-2H3. The monoisotopic (exact) mass is 308 g/mol. The van der Waals surface area contributed by atoms with Gasteiger partial charge in [-0.3, -0.25) is 9.59 Å². The minimum atomic E-state index is -1.05. The predicted octanol–water partition coefficient (Wildman–Crippen LogP) is 2.72. The third kappa shape index (κ3) is 5.04. The lowest BCUT2D eigenvalue weighted by Gasteiger charge is -2.23. The van der Waals surface area contributed by atoms with Gasteiger partial charge in [0, 0.05) is 25.8 Å². The highest BCUT2D eigenvalue weighted by atomic mass is 16.7. The van der Waals surface area contributed by atoms with E-state index in [9.17, 15) is 9.59 Å². The molecule has 0 radical (unpaired) electrons. The zero-order chi connectivity index (χ0) is 15.9. The molecule has 0 amide bonds. The van der Waals surface area contributed by atoms with Crippen LogP contribution >= 0.6 is 0 Å². The first-order chi connectivity index (χ1) is 10.5. The lowest BCUT2D eigenvalue weighted by molar-refractivity contribution is -0.186. The second-order valence-corrected chi connectivity index (χ2v) is 5.03. The van der Waals surface area contributed by atoms with Crippen LogP contribution < -0.4 is 4.74 Å². The molecule has 1 aliphatic heterocycles. The quantitative estimate of drug-likeness (QED) is 0.615. The van der Waals surface area contributed by atoms with Crippen molar-refractivity contribution in [2.75, 3.05) is 6.61 Å². The topological polar surface area (TPSA) is 71.1 Å². The molecule has 1 aromatic rings. The van der Waals surface area contributed by atoms with Gasteiger partial charge in [-0.25, -0.2) is 0 Å². The molecular weight excluding hydrogens is 288 g/mol. The van der Waals surface area contributed by atoms with Crippen LogP contribution in [0.1, 0.15) is 45.0 Å². The molecule has 1 fully saturated rings. The summed E-state index contributed by atoms with van der Waals surface area (Å²) in [5.74, 6) is -0.399. The summed E-state index contributed by atoms with van der Waals surface area (Å²) in [4.78, 5) is 22.2. The van der Waals surface area contributed by atoms with Crippen molar-refractivity contribution in [1.29, 1.82) is 0 Å². The van der Waals surface area contributed by atoms with Gasteiger partial charge >= 0.3 is 11.9 Å². The Morgan fingerprint density at radius 2 is 1.73 bits per heavy atom. The summed E-state index contributed by atoms with van der Waals surface area (Å²) in [6, 6.07) is 6.84. The Morgan fingerprint density at radius 3 is 2.23 bits per heavy atom. The van der Waals surface area contributed by atoms with Gasteiger partial charge in [-0.15, -0.1) is 0 Å². The van der Waals surface area contributed by atoms with Gasteiger partial charge in [0.2, 0.25) is 0 Å². The molecule has 0 saturated carbocycles. The van der Waals surface area contributed by atoms with Gasteiger partial charge in [0.1, 0.15) is 5.75 Å².